The minimum Gasteiger partial charge on any atom is -0.379 e. The number of carbonyl (C=O) groups is 1. The normalized spacial score (nSPS) is 10.4. The molecule has 0 bridgehead atoms. The molecule has 0 radical (unpaired) electrons. The van der Waals surface area contributed by atoms with E-state index in [1.54, 1.807) is 0 Å². The van der Waals surface area contributed by atoms with Crippen LogP contribution >= 0.6 is 11.6 Å². The van der Waals surface area contributed by atoms with Crippen LogP contribution in [0.3, 0.4) is 0 Å². The van der Waals surface area contributed by atoms with Crippen molar-refractivity contribution in [1.82, 2.24) is 5.32 Å². The Morgan fingerprint density at radius 1 is 1.06 bits per heavy atom. The zero-order chi connectivity index (χ0) is 12.1. The summed E-state index contributed by atoms with van der Waals surface area (Å²) in [6, 6.07) is 0. The Morgan fingerprint density at radius 3 is 2.19 bits per heavy atom. The standard InChI is InChI=1S/C10H20ClNO4/c1-2-14-5-6-16-8-7-15-4-3-12-10(13)9-11/h2-9H2,1H3,(H,12,13). The minimum absolute atomic E-state index is 0.0134. The third-order valence-electron chi connectivity index (χ3n) is 1.64. The van der Waals surface area contributed by atoms with Crippen LogP contribution in [0, 0.1) is 0 Å². The quantitative estimate of drug-likeness (QED) is 0.428. The first-order valence-corrected chi connectivity index (χ1v) is 5.90. The molecule has 0 aromatic heterocycles. The smallest absolute Gasteiger partial charge is 0.235 e. The number of hydrogen-bond acceptors (Lipinski definition) is 4. The molecule has 0 saturated carbocycles. The molecule has 0 rings (SSSR count). The Bertz CT molecular complexity index is 169. The molecule has 96 valence electrons. The molecule has 0 atom stereocenters. The molecule has 0 heterocycles. The number of amides is 1. The zero-order valence-electron chi connectivity index (χ0n) is 9.67. The van der Waals surface area contributed by atoms with Crippen molar-refractivity contribution in [1.29, 1.82) is 0 Å². The van der Waals surface area contributed by atoms with Crippen molar-refractivity contribution in [2.24, 2.45) is 0 Å². The van der Waals surface area contributed by atoms with Gasteiger partial charge in [-0.2, -0.15) is 0 Å². The fourth-order valence-corrected chi connectivity index (χ4v) is 0.989. The zero-order valence-corrected chi connectivity index (χ0v) is 10.4. The first kappa shape index (κ1) is 15.6. The van der Waals surface area contributed by atoms with Gasteiger partial charge in [0.1, 0.15) is 5.88 Å². The molecule has 1 amide bonds. The topological polar surface area (TPSA) is 56.8 Å². The summed E-state index contributed by atoms with van der Waals surface area (Å²) >= 11 is 5.29. The van der Waals surface area contributed by atoms with Crippen molar-refractivity contribution in [2.75, 3.05) is 52.1 Å². The Labute approximate surface area is 101 Å². The fraction of sp³-hybridized carbons (Fsp3) is 0.900. The maximum atomic E-state index is 10.7. The Hall–Kier alpha value is -0.360. The number of halogens is 1. The average Bonchev–Trinajstić information content (AvgIpc) is 2.31. The second kappa shape index (κ2) is 12.7. The van der Waals surface area contributed by atoms with E-state index in [2.05, 4.69) is 5.32 Å². The molecule has 0 aromatic rings. The molecule has 1 N–H and O–H groups in total. The average molecular weight is 254 g/mol. The molecule has 0 aromatic carbocycles. The second-order valence-corrected chi connectivity index (χ2v) is 3.17. The van der Waals surface area contributed by atoms with Crippen LogP contribution in [0.5, 0.6) is 0 Å². The largest absolute Gasteiger partial charge is 0.379 e. The molecule has 0 spiro atoms. The van der Waals surface area contributed by atoms with Gasteiger partial charge in [0, 0.05) is 13.2 Å². The fourth-order valence-electron chi connectivity index (χ4n) is 0.894. The van der Waals surface area contributed by atoms with E-state index < -0.39 is 0 Å². The van der Waals surface area contributed by atoms with E-state index in [0.29, 0.717) is 46.2 Å². The summed E-state index contributed by atoms with van der Waals surface area (Å²) in [4.78, 5) is 10.7. The molecule has 0 fully saturated rings. The maximum Gasteiger partial charge on any atom is 0.235 e. The summed E-state index contributed by atoms with van der Waals surface area (Å²) in [5, 5.41) is 2.59. The predicted molar refractivity (Wildman–Crippen MR) is 61.9 cm³/mol. The van der Waals surface area contributed by atoms with Crippen LogP contribution in [0.1, 0.15) is 6.92 Å². The molecule has 0 unspecified atom stereocenters. The van der Waals surface area contributed by atoms with Crippen LogP contribution in [0.25, 0.3) is 0 Å². The van der Waals surface area contributed by atoms with Gasteiger partial charge in [-0.05, 0) is 6.92 Å². The highest BCUT2D eigenvalue weighted by atomic mass is 35.5. The van der Waals surface area contributed by atoms with Gasteiger partial charge in [0.05, 0.1) is 33.0 Å². The number of carbonyl (C=O) groups excluding carboxylic acids is 1. The lowest BCUT2D eigenvalue weighted by Gasteiger charge is -2.06. The molecular formula is C10H20ClNO4. The molecule has 6 heteroatoms. The van der Waals surface area contributed by atoms with Crippen molar-refractivity contribution in [3.05, 3.63) is 0 Å². The Morgan fingerprint density at radius 2 is 1.62 bits per heavy atom. The third-order valence-corrected chi connectivity index (χ3v) is 1.88. The summed E-state index contributed by atoms with van der Waals surface area (Å²) in [6.07, 6.45) is 0. The van der Waals surface area contributed by atoms with Crippen LogP contribution in [-0.2, 0) is 19.0 Å². The highest BCUT2D eigenvalue weighted by Crippen LogP contribution is 1.81. The lowest BCUT2D eigenvalue weighted by molar-refractivity contribution is -0.118. The first-order valence-electron chi connectivity index (χ1n) is 5.37. The van der Waals surface area contributed by atoms with Gasteiger partial charge in [-0.25, -0.2) is 0 Å². The molecule has 0 aliphatic heterocycles. The van der Waals surface area contributed by atoms with Gasteiger partial charge in [0.25, 0.3) is 0 Å². The summed E-state index contributed by atoms with van der Waals surface area (Å²) < 4.78 is 15.5. The van der Waals surface area contributed by atoms with Crippen molar-refractivity contribution in [2.45, 2.75) is 6.92 Å². The predicted octanol–water partition coefficient (Wildman–Crippen LogP) is 0.411. The van der Waals surface area contributed by atoms with Crippen LogP contribution in [-0.4, -0.2) is 58.0 Å². The van der Waals surface area contributed by atoms with Crippen molar-refractivity contribution < 1.29 is 19.0 Å². The number of hydrogen-bond donors (Lipinski definition) is 1. The van der Waals surface area contributed by atoms with Gasteiger partial charge in [0.15, 0.2) is 0 Å². The van der Waals surface area contributed by atoms with Crippen molar-refractivity contribution in [3.63, 3.8) is 0 Å². The molecule has 0 aliphatic carbocycles. The Balaban J connectivity index is 2.96. The van der Waals surface area contributed by atoms with E-state index in [1.165, 1.54) is 0 Å². The monoisotopic (exact) mass is 253 g/mol. The van der Waals surface area contributed by atoms with E-state index in [0.717, 1.165) is 0 Å². The van der Waals surface area contributed by atoms with E-state index in [4.69, 9.17) is 25.8 Å². The number of rotatable bonds is 11. The molecule has 0 saturated heterocycles. The molecule has 16 heavy (non-hydrogen) atoms. The van der Waals surface area contributed by atoms with Crippen LogP contribution < -0.4 is 5.32 Å². The van der Waals surface area contributed by atoms with Gasteiger partial charge in [0.2, 0.25) is 5.91 Å². The number of alkyl halides is 1. The number of ether oxygens (including phenoxy) is 3. The summed E-state index contributed by atoms with van der Waals surface area (Å²) in [7, 11) is 0. The maximum absolute atomic E-state index is 10.7. The van der Waals surface area contributed by atoms with Crippen molar-refractivity contribution in [3.8, 4) is 0 Å². The summed E-state index contributed by atoms with van der Waals surface area (Å²) in [5.41, 5.74) is 0. The minimum atomic E-state index is -0.182. The van der Waals surface area contributed by atoms with Gasteiger partial charge in [-0.3, -0.25) is 4.79 Å². The van der Waals surface area contributed by atoms with Gasteiger partial charge in [-0.1, -0.05) is 0 Å². The van der Waals surface area contributed by atoms with Gasteiger partial charge in [-0.15, -0.1) is 11.6 Å². The van der Waals surface area contributed by atoms with Crippen molar-refractivity contribution >= 4 is 17.5 Å². The summed E-state index contributed by atoms with van der Waals surface area (Å²) in [6.45, 7) is 5.85. The van der Waals surface area contributed by atoms with E-state index in [1.807, 2.05) is 6.92 Å². The van der Waals surface area contributed by atoms with E-state index in [9.17, 15) is 4.79 Å². The molecule has 0 aliphatic rings. The number of nitrogens with one attached hydrogen (secondary N) is 1. The highest BCUT2D eigenvalue weighted by Gasteiger charge is 1.96. The van der Waals surface area contributed by atoms with Crippen LogP contribution in [0.2, 0.25) is 0 Å². The lowest BCUT2D eigenvalue weighted by Crippen LogP contribution is -2.28. The van der Waals surface area contributed by atoms with E-state index in [-0.39, 0.29) is 11.8 Å². The molecular weight excluding hydrogens is 234 g/mol. The molecule has 5 nitrogen and oxygen atoms in total. The van der Waals surface area contributed by atoms with Crippen LogP contribution in [0.15, 0.2) is 0 Å². The summed E-state index contributed by atoms with van der Waals surface area (Å²) in [5.74, 6) is -0.196. The lowest BCUT2D eigenvalue weighted by atomic mass is 10.6. The highest BCUT2D eigenvalue weighted by molar-refractivity contribution is 6.27. The first-order chi connectivity index (χ1) is 7.81. The van der Waals surface area contributed by atoms with Gasteiger partial charge >= 0.3 is 0 Å². The SMILES string of the molecule is CCOCCOCCOCCNC(=O)CCl. The van der Waals surface area contributed by atoms with Gasteiger partial charge < -0.3 is 19.5 Å². The van der Waals surface area contributed by atoms with Crippen LogP contribution in [0.4, 0.5) is 0 Å². The van der Waals surface area contributed by atoms with E-state index >= 15 is 0 Å². The third kappa shape index (κ3) is 11.7. The second-order valence-electron chi connectivity index (χ2n) is 2.91. The Kier molecular flexibility index (Phi) is 12.4.